The zero-order chi connectivity index (χ0) is 21.5. The predicted octanol–water partition coefficient (Wildman–Crippen LogP) is 1.69. The van der Waals surface area contributed by atoms with Crippen LogP contribution in [-0.4, -0.2) is 63.1 Å². The maximum atomic E-state index is 13.2. The maximum Gasteiger partial charge on any atom is 0.253 e. The number of nitrogens with zero attached hydrogens (tertiary/aromatic N) is 2. The number of sulfone groups is 1. The predicted molar refractivity (Wildman–Crippen MR) is 113 cm³/mol. The standard InChI is InChI=1S/C21H24N2O5S2/c1-22(19-10-12-29(25,26)15-19)21(24)17-7-4-8-20(13-17)30(27,28)23-11-9-16-5-2-3-6-18(16)14-23/h2-8,13,19H,9-12,14-15H2,1H3/t19-/m1/s1. The van der Waals surface area contributed by atoms with Gasteiger partial charge in [-0.1, -0.05) is 30.3 Å². The summed E-state index contributed by atoms with van der Waals surface area (Å²) in [5.41, 5.74) is 2.38. The molecule has 160 valence electrons. The van der Waals surface area contributed by atoms with Crippen LogP contribution in [0.15, 0.2) is 53.4 Å². The van der Waals surface area contributed by atoms with E-state index in [4.69, 9.17) is 0 Å². The highest BCUT2D eigenvalue weighted by Gasteiger charge is 2.34. The van der Waals surface area contributed by atoms with E-state index in [1.807, 2.05) is 24.3 Å². The topological polar surface area (TPSA) is 91.8 Å². The zero-order valence-electron chi connectivity index (χ0n) is 16.7. The van der Waals surface area contributed by atoms with Gasteiger partial charge in [0, 0.05) is 31.7 Å². The number of sulfonamides is 1. The SMILES string of the molecule is CN(C(=O)c1cccc(S(=O)(=O)N2CCc3ccccc3C2)c1)[C@@H]1CCS(=O)(=O)C1. The van der Waals surface area contributed by atoms with Crippen LogP contribution in [0.1, 0.15) is 27.9 Å². The molecule has 30 heavy (non-hydrogen) atoms. The largest absolute Gasteiger partial charge is 0.338 e. The van der Waals surface area contributed by atoms with Gasteiger partial charge in [0.05, 0.1) is 16.4 Å². The number of hydrogen-bond donors (Lipinski definition) is 0. The minimum Gasteiger partial charge on any atom is -0.338 e. The van der Waals surface area contributed by atoms with Crippen molar-refractivity contribution in [1.82, 2.24) is 9.21 Å². The van der Waals surface area contributed by atoms with E-state index in [1.54, 1.807) is 19.2 Å². The molecule has 4 rings (SSSR count). The Labute approximate surface area is 177 Å². The fourth-order valence-corrected chi connectivity index (χ4v) is 7.30. The second-order valence-corrected chi connectivity index (χ2v) is 12.0. The number of hydrogen-bond acceptors (Lipinski definition) is 5. The molecule has 2 aliphatic heterocycles. The third-order valence-corrected chi connectivity index (χ3v) is 9.48. The molecule has 2 aliphatic rings. The lowest BCUT2D eigenvalue weighted by Crippen LogP contribution is -2.38. The van der Waals surface area contributed by atoms with Crippen LogP contribution in [0.3, 0.4) is 0 Å². The molecule has 0 aliphatic carbocycles. The van der Waals surface area contributed by atoms with Gasteiger partial charge < -0.3 is 4.90 Å². The van der Waals surface area contributed by atoms with Crippen LogP contribution in [0.5, 0.6) is 0 Å². The Morgan fingerprint density at radius 1 is 1.10 bits per heavy atom. The Kier molecular flexibility index (Phi) is 5.46. The molecule has 1 fully saturated rings. The first-order valence-corrected chi connectivity index (χ1v) is 13.1. The third kappa shape index (κ3) is 4.01. The molecule has 1 atom stereocenters. The second-order valence-electron chi connectivity index (χ2n) is 7.86. The Balaban J connectivity index is 1.56. The van der Waals surface area contributed by atoms with E-state index in [-0.39, 0.29) is 33.9 Å². The summed E-state index contributed by atoms with van der Waals surface area (Å²) in [4.78, 5) is 14.4. The molecule has 2 aromatic carbocycles. The van der Waals surface area contributed by atoms with Crippen molar-refractivity contribution in [2.75, 3.05) is 25.1 Å². The minimum atomic E-state index is -3.76. The van der Waals surface area contributed by atoms with Crippen molar-refractivity contribution in [2.24, 2.45) is 0 Å². The Bertz CT molecular complexity index is 1190. The number of carbonyl (C=O) groups is 1. The lowest BCUT2D eigenvalue weighted by atomic mass is 10.0. The number of benzene rings is 2. The fraction of sp³-hybridized carbons (Fsp3) is 0.381. The van der Waals surface area contributed by atoms with Crippen LogP contribution >= 0.6 is 0 Å². The minimum absolute atomic E-state index is 0.0551. The summed E-state index contributed by atoms with van der Waals surface area (Å²) in [5, 5.41) is 0. The first-order valence-electron chi connectivity index (χ1n) is 9.82. The van der Waals surface area contributed by atoms with Crippen molar-refractivity contribution >= 4 is 25.8 Å². The van der Waals surface area contributed by atoms with Crippen LogP contribution in [-0.2, 0) is 32.8 Å². The maximum absolute atomic E-state index is 13.2. The van der Waals surface area contributed by atoms with Gasteiger partial charge >= 0.3 is 0 Å². The molecule has 0 N–H and O–H groups in total. The molecule has 1 amide bonds. The van der Waals surface area contributed by atoms with Gasteiger partial charge in [-0.25, -0.2) is 16.8 Å². The highest BCUT2D eigenvalue weighted by molar-refractivity contribution is 7.91. The van der Waals surface area contributed by atoms with Gasteiger partial charge in [-0.05, 0) is 42.2 Å². The lowest BCUT2D eigenvalue weighted by molar-refractivity contribution is 0.0747. The smallest absolute Gasteiger partial charge is 0.253 e. The summed E-state index contributed by atoms with van der Waals surface area (Å²) in [6.07, 6.45) is 1.04. The van der Waals surface area contributed by atoms with Gasteiger partial charge in [0.15, 0.2) is 9.84 Å². The van der Waals surface area contributed by atoms with E-state index < -0.39 is 19.9 Å². The van der Waals surface area contributed by atoms with E-state index in [2.05, 4.69) is 0 Å². The molecular weight excluding hydrogens is 424 g/mol. The number of fused-ring (bicyclic) bond motifs is 1. The average Bonchev–Trinajstić information content (AvgIpc) is 3.12. The zero-order valence-corrected chi connectivity index (χ0v) is 18.3. The van der Waals surface area contributed by atoms with Gasteiger partial charge in [-0.2, -0.15) is 4.31 Å². The monoisotopic (exact) mass is 448 g/mol. The summed E-state index contributed by atoms with van der Waals surface area (Å²) in [6, 6.07) is 13.4. The molecule has 2 aromatic rings. The molecule has 1 saturated heterocycles. The molecular formula is C21H24N2O5S2. The first kappa shape index (κ1) is 21.0. The summed E-state index contributed by atoms with van der Waals surface area (Å²) < 4.78 is 51.3. The van der Waals surface area contributed by atoms with Crippen molar-refractivity contribution < 1.29 is 21.6 Å². The second kappa shape index (κ2) is 7.79. The van der Waals surface area contributed by atoms with Crippen LogP contribution in [0, 0.1) is 0 Å². The Morgan fingerprint density at radius 2 is 1.83 bits per heavy atom. The van der Waals surface area contributed by atoms with Crippen LogP contribution in [0.2, 0.25) is 0 Å². The number of amides is 1. The summed E-state index contributed by atoms with van der Waals surface area (Å²) in [7, 11) is -5.31. The van der Waals surface area contributed by atoms with Gasteiger partial charge in [0.25, 0.3) is 5.91 Å². The molecule has 0 bridgehead atoms. The fourth-order valence-electron chi connectivity index (χ4n) is 4.06. The van der Waals surface area contributed by atoms with Gasteiger partial charge in [0.1, 0.15) is 0 Å². The molecule has 0 radical (unpaired) electrons. The molecule has 0 aromatic heterocycles. The van der Waals surface area contributed by atoms with Crippen LogP contribution < -0.4 is 0 Å². The average molecular weight is 449 g/mol. The molecule has 0 saturated carbocycles. The van der Waals surface area contributed by atoms with E-state index in [9.17, 15) is 21.6 Å². The highest BCUT2D eigenvalue weighted by Crippen LogP contribution is 2.26. The molecule has 9 heteroatoms. The Morgan fingerprint density at radius 3 is 2.53 bits per heavy atom. The van der Waals surface area contributed by atoms with Crippen LogP contribution in [0.25, 0.3) is 0 Å². The molecule has 0 unspecified atom stereocenters. The normalized spacial score (nSPS) is 21.2. The molecule has 7 nitrogen and oxygen atoms in total. The lowest BCUT2D eigenvalue weighted by Gasteiger charge is -2.28. The van der Waals surface area contributed by atoms with Crippen molar-refractivity contribution in [2.45, 2.75) is 30.3 Å². The van der Waals surface area contributed by atoms with E-state index in [0.717, 1.165) is 11.1 Å². The summed E-state index contributed by atoms with van der Waals surface area (Å²) >= 11 is 0. The van der Waals surface area contributed by atoms with Crippen molar-refractivity contribution in [1.29, 1.82) is 0 Å². The first-order chi connectivity index (χ1) is 14.2. The van der Waals surface area contributed by atoms with E-state index in [1.165, 1.54) is 21.3 Å². The van der Waals surface area contributed by atoms with Crippen LogP contribution in [0.4, 0.5) is 0 Å². The van der Waals surface area contributed by atoms with Crippen molar-refractivity contribution in [3.05, 3.63) is 65.2 Å². The molecule has 0 spiro atoms. The van der Waals surface area contributed by atoms with Crippen molar-refractivity contribution in [3.63, 3.8) is 0 Å². The third-order valence-electron chi connectivity index (χ3n) is 5.89. The van der Waals surface area contributed by atoms with Gasteiger partial charge in [0.2, 0.25) is 10.0 Å². The van der Waals surface area contributed by atoms with Gasteiger partial charge in [-0.15, -0.1) is 0 Å². The highest BCUT2D eigenvalue weighted by atomic mass is 32.2. The summed E-state index contributed by atoms with van der Waals surface area (Å²) in [5.74, 6) is -0.362. The van der Waals surface area contributed by atoms with E-state index >= 15 is 0 Å². The van der Waals surface area contributed by atoms with E-state index in [0.29, 0.717) is 25.9 Å². The molecule has 2 heterocycles. The van der Waals surface area contributed by atoms with Gasteiger partial charge in [-0.3, -0.25) is 4.79 Å². The Hall–Kier alpha value is -2.23. The number of rotatable bonds is 4. The summed E-state index contributed by atoms with van der Waals surface area (Å²) in [6.45, 7) is 0.688. The number of carbonyl (C=O) groups excluding carboxylic acids is 1. The van der Waals surface area contributed by atoms with Crippen molar-refractivity contribution in [3.8, 4) is 0 Å². The quantitative estimate of drug-likeness (QED) is 0.710.